The number of Topliss-reactive ketones (excluding diaryl/α,β-unsaturated/α-hetero) is 1. The number of anilines is 1. The number of carbonyl (C=O) groups excluding carboxylic acids is 1. The van der Waals surface area contributed by atoms with Gasteiger partial charge in [0.05, 0.1) is 0 Å². The van der Waals surface area contributed by atoms with Gasteiger partial charge >= 0.3 is 0 Å². The van der Waals surface area contributed by atoms with Crippen molar-refractivity contribution < 1.29 is 4.79 Å². The van der Waals surface area contributed by atoms with Gasteiger partial charge < -0.3 is 5.32 Å². The molecule has 1 aliphatic carbocycles. The van der Waals surface area contributed by atoms with Crippen molar-refractivity contribution in [3.8, 4) is 0 Å². The van der Waals surface area contributed by atoms with Gasteiger partial charge in [0, 0.05) is 23.4 Å². The largest absolute Gasteiger partial charge is 0.328 e. The average molecular weight is 459 g/mol. The van der Waals surface area contributed by atoms with E-state index in [0.717, 1.165) is 34.2 Å². The second-order valence-corrected chi connectivity index (χ2v) is 11.1. The van der Waals surface area contributed by atoms with Crippen molar-refractivity contribution in [1.82, 2.24) is 14.8 Å². The molecule has 2 aromatic carbocycles. The first-order valence-corrected chi connectivity index (χ1v) is 12.4. The average Bonchev–Trinajstić information content (AvgIpc) is 3.14. The number of rotatable bonds is 4. The van der Waals surface area contributed by atoms with E-state index >= 15 is 0 Å². The first-order valence-electron chi connectivity index (χ1n) is 11.5. The highest BCUT2D eigenvalue weighted by Crippen LogP contribution is 2.45. The molecule has 5 rings (SSSR count). The summed E-state index contributed by atoms with van der Waals surface area (Å²) in [6, 6.07) is 14.7. The minimum atomic E-state index is -0.247. The van der Waals surface area contributed by atoms with Gasteiger partial charge in [-0.05, 0) is 49.3 Å². The third-order valence-electron chi connectivity index (χ3n) is 6.56. The summed E-state index contributed by atoms with van der Waals surface area (Å²) in [7, 11) is 0. The van der Waals surface area contributed by atoms with Gasteiger partial charge in [0.25, 0.3) is 0 Å². The van der Waals surface area contributed by atoms with Gasteiger partial charge in [-0.1, -0.05) is 79.2 Å². The lowest BCUT2D eigenvalue weighted by molar-refractivity contribution is -0.118. The Balaban J connectivity index is 1.51. The van der Waals surface area contributed by atoms with Crippen molar-refractivity contribution >= 4 is 23.5 Å². The van der Waals surface area contributed by atoms with Crippen LogP contribution in [-0.2, 0) is 10.5 Å². The minimum absolute atomic E-state index is 0.0660. The molecule has 2 heterocycles. The number of hydrogen-bond donors (Lipinski definition) is 1. The number of thioether (sulfide) groups is 1. The highest BCUT2D eigenvalue weighted by Gasteiger charge is 2.41. The molecule has 0 unspecified atom stereocenters. The van der Waals surface area contributed by atoms with Crippen LogP contribution >= 0.6 is 11.8 Å². The van der Waals surface area contributed by atoms with Gasteiger partial charge in [-0.3, -0.25) is 4.79 Å². The van der Waals surface area contributed by atoms with E-state index in [9.17, 15) is 4.79 Å². The first-order chi connectivity index (χ1) is 15.7. The SMILES string of the molecule is Cc1ccc([C@@H]2C3=C(CC(C)(C)CC3=O)Nc3nc(SCc4ccc(C)cc4C)nn32)cc1. The summed E-state index contributed by atoms with van der Waals surface area (Å²) in [6.07, 6.45) is 1.38. The second kappa shape index (κ2) is 8.17. The third-order valence-corrected chi connectivity index (χ3v) is 7.45. The molecular formula is C27H30N4OS. The van der Waals surface area contributed by atoms with Gasteiger partial charge in [0.1, 0.15) is 6.04 Å². The fraction of sp³-hybridized carbons (Fsp3) is 0.370. The number of fused-ring (bicyclic) bond motifs is 1. The normalized spacial score (nSPS) is 19.2. The van der Waals surface area contributed by atoms with Crippen LogP contribution in [0.25, 0.3) is 0 Å². The lowest BCUT2D eigenvalue weighted by Gasteiger charge is -2.38. The molecule has 1 atom stereocenters. The Bertz CT molecular complexity index is 1270. The number of hydrogen-bond acceptors (Lipinski definition) is 5. The number of nitrogens with zero attached hydrogens (tertiary/aromatic N) is 3. The second-order valence-electron chi connectivity index (χ2n) is 10.2. The number of allylic oxidation sites excluding steroid dienone is 2. The predicted molar refractivity (Wildman–Crippen MR) is 133 cm³/mol. The van der Waals surface area contributed by atoms with Crippen LogP contribution in [0.2, 0.25) is 0 Å². The Morgan fingerprint density at radius 2 is 1.79 bits per heavy atom. The van der Waals surface area contributed by atoms with Crippen LogP contribution in [0.1, 0.15) is 60.5 Å². The van der Waals surface area contributed by atoms with Crippen LogP contribution < -0.4 is 5.32 Å². The van der Waals surface area contributed by atoms with E-state index in [2.05, 4.69) is 82.4 Å². The molecule has 170 valence electrons. The van der Waals surface area contributed by atoms with Crippen LogP contribution in [-0.4, -0.2) is 20.5 Å². The van der Waals surface area contributed by atoms with Crippen LogP contribution in [0.4, 0.5) is 5.95 Å². The van der Waals surface area contributed by atoms with Gasteiger partial charge in [-0.2, -0.15) is 4.98 Å². The molecule has 0 bridgehead atoms. The number of ketones is 1. The molecule has 0 fully saturated rings. The molecule has 5 nitrogen and oxygen atoms in total. The Kier molecular flexibility index (Phi) is 5.44. The Hall–Kier alpha value is -2.86. The molecular weight excluding hydrogens is 428 g/mol. The Morgan fingerprint density at radius 1 is 1.06 bits per heavy atom. The molecule has 0 radical (unpaired) electrons. The molecule has 0 spiro atoms. The molecule has 1 aliphatic heterocycles. The third kappa shape index (κ3) is 4.24. The maximum atomic E-state index is 13.3. The lowest BCUT2D eigenvalue weighted by Crippen LogP contribution is -2.36. The van der Waals surface area contributed by atoms with Gasteiger partial charge in [0.2, 0.25) is 11.1 Å². The molecule has 0 saturated carbocycles. The number of aryl methyl sites for hydroxylation is 3. The summed E-state index contributed by atoms with van der Waals surface area (Å²) in [5, 5.41) is 9.07. The molecule has 0 amide bonds. The Morgan fingerprint density at radius 3 is 2.52 bits per heavy atom. The first kappa shape index (κ1) is 22.0. The van der Waals surface area contributed by atoms with Gasteiger partial charge in [-0.15, -0.1) is 5.10 Å². The maximum Gasteiger partial charge on any atom is 0.227 e. The van der Waals surface area contributed by atoms with Crippen molar-refractivity contribution in [3.63, 3.8) is 0 Å². The summed E-state index contributed by atoms with van der Waals surface area (Å²) in [5.74, 6) is 1.72. The van der Waals surface area contributed by atoms with Crippen LogP contribution in [0.15, 0.2) is 58.9 Å². The summed E-state index contributed by atoms with van der Waals surface area (Å²) >= 11 is 1.63. The molecule has 1 aromatic heterocycles. The topological polar surface area (TPSA) is 59.8 Å². The van der Waals surface area contributed by atoms with Crippen molar-refractivity contribution in [1.29, 1.82) is 0 Å². The lowest BCUT2D eigenvalue weighted by atomic mass is 9.73. The predicted octanol–water partition coefficient (Wildman–Crippen LogP) is 6.15. The zero-order valence-corrected chi connectivity index (χ0v) is 20.7. The number of carbonyl (C=O) groups is 1. The fourth-order valence-electron chi connectivity index (χ4n) is 4.86. The van der Waals surface area contributed by atoms with Crippen molar-refractivity contribution in [2.24, 2.45) is 5.41 Å². The van der Waals surface area contributed by atoms with E-state index in [1.807, 2.05) is 4.68 Å². The number of nitrogens with one attached hydrogen (secondary N) is 1. The van der Waals surface area contributed by atoms with E-state index in [0.29, 0.717) is 12.4 Å². The summed E-state index contributed by atoms with van der Waals surface area (Å²) in [4.78, 5) is 18.2. The molecule has 0 saturated heterocycles. The van der Waals surface area contributed by atoms with Crippen molar-refractivity contribution in [3.05, 3.63) is 81.6 Å². The Labute approximate surface area is 199 Å². The fourth-order valence-corrected chi connectivity index (χ4v) is 5.76. The van der Waals surface area contributed by atoms with Crippen LogP contribution in [0, 0.1) is 26.2 Å². The zero-order chi connectivity index (χ0) is 23.3. The molecule has 3 aromatic rings. The monoisotopic (exact) mass is 458 g/mol. The number of aromatic nitrogens is 3. The summed E-state index contributed by atoms with van der Waals surface area (Å²) in [5.41, 5.74) is 7.87. The number of benzene rings is 2. The molecule has 33 heavy (non-hydrogen) atoms. The van der Waals surface area contributed by atoms with E-state index in [-0.39, 0.29) is 17.2 Å². The molecule has 2 aliphatic rings. The van der Waals surface area contributed by atoms with Crippen LogP contribution in [0.5, 0.6) is 0 Å². The highest BCUT2D eigenvalue weighted by atomic mass is 32.2. The smallest absolute Gasteiger partial charge is 0.227 e. The van der Waals surface area contributed by atoms with Crippen molar-refractivity contribution in [2.75, 3.05) is 5.32 Å². The van der Waals surface area contributed by atoms with Crippen LogP contribution in [0.3, 0.4) is 0 Å². The van der Waals surface area contributed by atoms with E-state index in [4.69, 9.17) is 10.1 Å². The molecule has 1 N–H and O–H groups in total. The van der Waals surface area contributed by atoms with Gasteiger partial charge in [0.15, 0.2) is 5.78 Å². The summed E-state index contributed by atoms with van der Waals surface area (Å²) in [6.45, 7) is 10.6. The standard InChI is InChI=1S/C27H30N4OS/c1-16-6-9-19(10-7-16)24-23-21(13-27(4,5)14-22(23)32)28-25-29-26(30-31(24)25)33-15-20-11-8-17(2)12-18(20)3/h6-12,24H,13-15H2,1-5H3,(H,28,29,30)/t24-/m1/s1. The maximum absolute atomic E-state index is 13.3. The van der Waals surface area contributed by atoms with E-state index in [1.54, 1.807) is 11.8 Å². The minimum Gasteiger partial charge on any atom is -0.328 e. The molecule has 6 heteroatoms. The van der Waals surface area contributed by atoms with E-state index < -0.39 is 0 Å². The highest BCUT2D eigenvalue weighted by molar-refractivity contribution is 7.98. The van der Waals surface area contributed by atoms with Gasteiger partial charge in [-0.25, -0.2) is 4.68 Å². The summed E-state index contributed by atoms with van der Waals surface area (Å²) < 4.78 is 1.91. The van der Waals surface area contributed by atoms with Crippen molar-refractivity contribution in [2.45, 2.75) is 64.4 Å². The van der Waals surface area contributed by atoms with E-state index in [1.165, 1.54) is 22.3 Å². The zero-order valence-electron chi connectivity index (χ0n) is 19.9. The quantitative estimate of drug-likeness (QED) is 0.475.